The molecular weight excluding hydrogens is 418 g/mol. The number of rotatable bonds is 7. The number of esters is 1. The van der Waals surface area contributed by atoms with Gasteiger partial charge in [-0.05, 0) is 19.8 Å². The first-order valence-electron chi connectivity index (χ1n) is 9.34. The van der Waals surface area contributed by atoms with Gasteiger partial charge < -0.3 is 9.47 Å². The normalized spacial score (nSPS) is 28.4. The SMILES string of the molecule is CC(C)CSC(=S)SC(C)(C)C(=O)OCCN1C(=O)C2C3C=CC(O3)C2C1=O. The molecule has 0 N–H and O–H groups in total. The molecule has 0 aliphatic carbocycles. The van der Waals surface area contributed by atoms with E-state index in [2.05, 4.69) is 13.8 Å². The summed E-state index contributed by atoms with van der Waals surface area (Å²) in [6, 6.07) is 0. The van der Waals surface area contributed by atoms with Gasteiger partial charge in [0, 0.05) is 5.75 Å². The lowest BCUT2D eigenvalue weighted by Crippen LogP contribution is -2.39. The van der Waals surface area contributed by atoms with Crippen LogP contribution >= 0.6 is 35.7 Å². The maximum Gasteiger partial charge on any atom is 0.322 e. The maximum atomic E-state index is 12.6. The van der Waals surface area contributed by atoms with E-state index in [1.807, 2.05) is 12.2 Å². The number of hydrogen-bond acceptors (Lipinski definition) is 8. The number of carbonyl (C=O) groups excluding carboxylic acids is 3. The summed E-state index contributed by atoms with van der Waals surface area (Å²) in [5, 5.41) is 0. The highest BCUT2D eigenvalue weighted by Crippen LogP contribution is 2.45. The number of thiocarbonyl (C=S) groups is 1. The number of ether oxygens (including phenoxy) is 2. The molecule has 0 aromatic carbocycles. The van der Waals surface area contributed by atoms with Gasteiger partial charge in [0.1, 0.15) is 14.9 Å². The van der Waals surface area contributed by atoms with Gasteiger partial charge in [-0.15, -0.1) is 11.8 Å². The van der Waals surface area contributed by atoms with E-state index in [4.69, 9.17) is 21.7 Å². The molecule has 0 radical (unpaired) electrons. The summed E-state index contributed by atoms with van der Waals surface area (Å²) in [5.74, 6) is -0.315. The fourth-order valence-electron chi connectivity index (χ4n) is 3.50. The number of likely N-dealkylation sites (tertiary alicyclic amines) is 1. The average molecular weight is 444 g/mol. The third-order valence-electron chi connectivity index (χ3n) is 4.91. The molecule has 28 heavy (non-hydrogen) atoms. The van der Waals surface area contributed by atoms with Crippen molar-refractivity contribution in [3.8, 4) is 0 Å². The van der Waals surface area contributed by atoms with Gasteiger partial charge in [-0.3, -0.25) is 19.3 Å². The summed E-state index contributed by atoms with van der Waals surface area (Å²) in [6.45, 7) is 7.81. The Balaban J connectivity index is 1.47. The molecule has 2 fully saturated rings. The molecule has 4 unspecified atom stereocenters. The Bertz CT molecular complexity index is 690. The van der Waals surface area contributed by atoms with Gasteiger partial charge in [0.05, 0.1) is 30.6 Å². The molecule has 4 atom stereocenters. The fourth-order valence-corrected chi connectivity index (χ4v) is 6.43. The summed E-state index contributed by atoms with van der Waals surface area (Å²) in [5.41, 5.74) is 0. The lowest BCUT2D eigenvalue weighted by molar-refractivity contribution is -0.150. The van der Waals surface area contributed by atoms with E-state index in [1.54, 1.807) is 25.6 Å². The van der Waals surface area contributed by atoms with Crippen molar-refractivity contribution in [3.63, 3.8) is 0 Å². The molecule has 6 nitrogen and oxygen atoms in total. The predicted octanol–water partition coefficient (Wildman–Crippen LogP) is 2.65. The molecule has 3 rings (SSSR count). The van der Waals surface area contributed by atoms with Crippen LogP contribution in [0.1, 0.15) is 27.7 Å². The van der Waals surface area contributed by atoms with E-state index in [0.29, 0.717) is 9.45 Å². The molecule has 3 aliphatic rings. The van der Waals surface area contributed by atoms with Crippen molar-refractivity contribution in [2.45, 2.75) is 44.6 Å². The van der Waals surface area contributed by atoms with E-state index in [0.717, 1.165) is 5.75 Å². The zero-order chi connectivity index (χ0) is 20.6. The van der Waals surface area contributed by atoms with Crippen molar-refractivity contribution in [1.29, 1.82) is 0 Å². The maximum absolute atomic E-state index is 12.6. The minimum Gasteiger partial charge on any atom is -0.463 e. The number of amides is 2. The highest BCUT2D eigenvalue weighted by Gasteiger charge is 2.60. The van der Waals surface area contributed by atoms with Crippen molar-refractivity contribution >= 4 is 57.1 Å². The molecule has 0 aromatic heterocycles. The van der Waals surface area contributed by atoms with Gasteiger partial charge in [-0.2, -0.15) is 0 Å². The summed E-state index contributed by atoms with van der Waals surface area (Å²) < 4.78 is 10.8. The van der Waals surface area contributed by atoms with Crippen molar-refractivity contribution in [3.05, 3.63) is 12.2 Å². The fraction of sp³-hybridized carbons (Fsp3) is 0.684. The summed E-state index contributed by atoms with van der Waals surface area (Å²) >= 11 is 8.21. The first kappa shape index (κ1) is 21.8. The molecule has 0 spiro atoms. The Labute approximate surface area is 179 Å². The summed E-state index contributed by atoms with van der Waals surface area (Å²) in [7, 11) is 0. The second kappa shape index (κ2) is 8.45. The minimum atomic E-state index is -0.826. The highest BCUT2D eigenvalue weighted by atomic mass is 32.2. The van der Waals surface area contributed by atoms with Gasteiger partial charge in [-0.25, -0.2) is 0 Å². The number of fused-ring (bicyclic) bond motifs is 5. The zero-order valence-electron chi connectivity index (χ0n) is 16.4. The quantitative estimate of drug-likeness (QED) is 0.257. The van der Waals surface area contributed by atoms with Crippen molar-refractivity contribution < 1.29 is 23.9 Å². The second-order valence-corrected chi connectivity index (χ2v) is 11.9. The molecule has 2 bridgehead atoms. The van der Waals surface area contributed by atoms with Crippen LogP contribution < -0.4 is 0 Å². The zero-order valence-corrected chi connectivity index (χ0v) is 18.8. The van der Waals surface area contributed by atoms with Gasteiger partial charge in [0.2, 0.25) is 11.8 Å². The van der Waals surface area contributed by atoms with Crippen LogP contribution in [0.2, 0.25) is 0 Å². The summed E-state index contributed by atoms with van der Waals surface area (Å²) in [4.78, 5) is 38.8. The van der Waals surface area contributed by atoms with Gasteiger partial charge in [-0.1, -0.05) is 50.0 Å². The van der Waals surface area contributed by atoms with E-state index >= 15 is 0 Å². The van der Waals surface area contributed by atoms with E-state index < -0.39 is 22.6 Å². The molecule has 2 amide bonds. The van der Waals surface area contributed by atoms with Crippen LogP contribution in [0.4, 0.5) is 0 Å². The number of thioether (sulfide) groups is 2. The van der Waals surface area contributed by atoms with Gasteiger partial charge >= 0.3 is 5.97 Å². The van der Waals surface area contributed by atoms with Crippen LogP contribution in [0.3, 0.4) is 0 Å². The van der Waals surface area contributed by atoms with Crippen molar-refractivity contribution in [1.82, 2.24) is 4.90 Å². The molecule has 154 valence electrons. The van der Waals surface area contributed by atoms with Crippen LogP contribution in [-0.4, -0.2) is 62.1 Å². The van der Waals surface area contributed by atoms with Crippen LogP contribution in [0, 0.1) is 17.8 Å². The Morgan fingerprint density at radius 2 is 1.82 bits per heavy atom. The smallest absolute Gasteiger partial charge is 0.322 e. The van der Waals surface area contributed by atoms with E-state index in [-0.39, 0.29) is 37.2 Å². The molecular formula is C19H25NO5S3. The third-order valence-corrected chi connectivity index (χ3v) is 8.03. The van der Waals surface area contributed by atoms with Crippen LogP contribution in [0.15, 0.2) is 12.2 Å². The Morgan fingerprint density at radius 1 is 1.25 bits per heavy atom. The monoisotopic (exact) mass is 443 g/mol. The van der Waals surface area contributed by atoms with E-state index in [1.165, 1.54) is 16.7 Å². The molecule has 0 saturated carbocycles. The predicted molar refractivity (Wildman–Crippen MR) is 114 cm³/mol. The average Bonchev–Trinajstić information content (AvgIpc) is 3.28. The van der Waals surface area contributed by atoms with Crippen molar-refractivity contribution in [2.75, 3.05) is 18.9 Å². The highest BCUT2D eigenvalue weighted by molar-refractivity contribution is 8.47. The van der Waals surface area contributed by atoms with E-state index in [9.17, 15) is 14.4 Å². The first-order chi connectivity index (χ1) is 13.1. The number of hydrogen-bond donors (Lipinski definition) is 0. The Hall–Kier alpha value is -0.900. The minimum absolute atomic E-state index is 0.0186. The topological polar surface area (TPSA) is 72.9 Å². The molecule has 2 saturated heterocycles. The molecule has 3 aliphatic heterocycles. The number of imide groups is 1. The first-order valence-corrected chi connectivity index (χ1v) is 11.5. The summed E-state index contributed by atoms with van der Waals surface area (Å²) in [6.07, 6.45) is 3.08. The molecule has 3 heterocycles. The third kappa shape index (κ3) is 4.32. The molecule has 9 heteroatoms. The standard InChI is InChI=1S/C19H25NO5S3/c1-10(2)9-27-18(26)28-19(3,4)17(23)24-8-7-20-15(21)13-11-5-6-12(25-11)14(13)16(20)22/h5-6,10-14H,7-9H2,1-4H3. The van der Waals surface area contributed by atoms with Crippen LogP contribution in [0.25, 0.3) is 0 Å². The Morgan fingerprint density at radius 3 is 2.36 bits per heavy atom. The number of carbonyl (C=O) groups is 3. The van der Waals surface area contributed by atoms with Gasteiger partial charge in [0.25, 0.3) is 0 Å². The largest absolute Gasteiger partial charge is 0.463 e. The second-order valence-electron chi connectivity index (χ2n) is 8.03. The van der Waals surface area contributed by atoms with Crippen LogP contribution in [0.5, 0.6) is 0 Å². The lowest BCUT2D eigenvalue weighted by Gasteiger charge is -2.23. The van der Waals surface area contributed by atoms with Crippen molar-refractivity contribution in [2.24, 2.45) is 17.8 Å². The Kier molecular flexibility index (Phi) is 6.58. The lowest BCUT2D eigenvalue weighted by atomic mass is 9.85. The van der Waals surface area contributed by atoms with Gasteiger partial charge in [0.15, 0.2) is 0 Å². The number of nitrogens with zero attached hydrogens (tertiary/aromatic N) is 1. The molecule has 0 aromatic rings. The van der Waals surface area contributed by atoms with Crippen LogP contribution in [-0.2, 0) is 23.9 Å².